The summed E-state index contributed by atoms with van der Waals surface area (Å²) in [5, 5.41) is 7.12. The summed E-state index contributed by atoms with van der Waals surface area (Å²) in [6.07, 6.45) is 0.714. The van der Waals surface area contributed by atoms with Crippen LogP contribution in [0.15, 0.2) is 53.7 Å². The highest BCUT2D eigenvalue weighted by molar-refractivity contribution is 6.30. The molecule has 5 nitrogen and oxygen atoms in total. The van der Waals surface area contributed by atoms with E-state index in [9.17, 15) is 9.59 Å². The average molecular weight is 345 g/mol. The number of amides is 1. The molecule has 2 rings (SSSR count). The third-order valence-electron chi connectivity index (χ3n) is 3.20. The third kappa shape index (κ3) is 5.21. The van der Waals surface area contributed by atoms with Crippen LogP contribution in [0.5, 0.6) is 0 Å². The Morgan fingerprint density at radius 1 is 1.21 bits per heavy atom. The van der Waals surface area contributed by atoms with Crippen LogP contribution >= 0.6 is 11.6 Å². The van der Waals surface area contributed by atoms with E-state index < -0.39 is 6.10 Å². The highest BCUT2D eigenvalue weighted by Crippen LogP contribution is 2.12. The van der Waals surface area contributed by atoms with Crippen LogP contribution in [0.2, 0.25) is 5.02 Å². The Labute approximate surface area is 145 Å². The van der Waals surface area contributed by atoms with E-state index in [0.29, 0.717) is 16.3 Å². The van der Waals surface area contributed by atoms with Crippen molar-refractivity contribution in [2.24, 2.45) is 5.16 Å². The van der Waals surface area contributed by atoms with Gasteiger partial charge in [-0.1, -0.05) is 41.0 Å². The van der Waals surface area contributed by atoms with Gasteiger partial charge in [-0.05, 0) is 43.7 Å². The molecule has 0 aliphatic carbocycles. The van der Waals surface area contributed by atoms with Crippen LogP contribution in [0, 0.1) is 0 Å². The summed E-state index contributed by atoms with van der Waals surface area (Å²) in [6, 6.07) is 13.8. The number of rotatable bonds is 6. The van der Waals surface area contributed by atoms with Gasteiger partial charge in [0.1, 0.15) is 0 Å². The van der Waals surface area contributed by atoms with Crippen LogP contribution in [0.25, 0.3) is 0 Å². The molecule has 0 spiro atoms. The number of ketones is 1. The number of carbonyl (C=O) groups excluding carboxylic acids is 2. The maximum Gasteiger partial charge on any atom is 0.267 e. The minimum atomic E-state index is -0.783. The summed E-state index contributed by atoms with van der Waals surface area (Å²) in [4.78, 5) is 28.6. The van der Waals surface area contributed by atoms with E-state index in [1.165, 1.54) is 13.1 Å². The number of nitrogens with zero attached hydrogens (tertiary/aromatic N) is 1. The molecule has 0 heterocycles. The Balaban J connectivity index is 1.91. The number of halogens is 1. The highest BCUT2D eigenvalue weighted by atomic mass is 35.5. The maximum atomic E-state index is 12.1. The molecular weight excluding hydrogens is 328 g/mol. The maximum absolute atomic E-state index is 12.1. The number of Topliss-reactive ketones (excluding diaryl/α,β-unsaturated/α-hetero) is 1. The second kappa shape index (κ2) is 8.26. The molecule has 1 unspecified atom stereocenters. The second-order valence-corrected chi connectivity index (χ2v) is 5.60. The van der Waals surface area contributed by atoms with Gasteiger partial charge in [-0.15, -0.1) is 0 Å². The zero-order valence-electron chi connectivity index (χ0n) is 13.3. The van der Waals surface area contributed by atoms with Crippen molar-refractivity contribution in [3.63, 3.8) is 0 Å². The van der Waals surface area contributed by atoms with Gasteiger partial charge in [-0.2, -0.15) is 0 Å². The fraction of sp³-hybridized carbons (Fsp3) is 0.167. The van der Waals surface area contributed by atoms with Gasteiger partial charge >= 0.3 is 0 Å². The van der Waals surface area contributed by atoms with Crippen molar-refractivity contribution in [1.29, 1.82) is 0 Å². The number of hydrogen-bond donors (Lipinski definition) is 1. The molecule has 0 fully saturated rings. The molecule has 0 aliphatic heterocycles. The summed E-state index contributed by atoms with van der Waals surface area (Å²) in [5.74, 6) is -0.424. The molecule has 0 saturated heterocycles. The molecule has 0 bridgehead atoms. The molecule has 0 aliphatic rings. The molecule has 2 aromatic rings. The monoisotopic (exact) mass is 344 g/mol. The van der Waals surface area contributed by atoms with Gasteiger partial charge in [0.15, 0.2) is 5.78 Å². The zero-order chi connectivity index (χ0) is 17.5. The van der Waals surface area contributed by atoms with Crippen LogP contribution < -0.4 is 5.32 Å². The molecule has 2 aromatic carbocycles. The molecule has 6 heteroatoms. The zero-order valence-corrected chi connectivity index (χ0v) is 14.1. The lowest BCUT2D eigenvalue weighted by Crippen LogP contribution is -2.26. The van der Waals surface area contributed by atoms with Crippen LogP contribution in [0.4, 0.5) is 5.69 Å². The summed E-state index contributed by atoms with van der Waals surface area (Å²) >= 11 is 5.80. The lowest BCUT2D eigenvalue weighted by Gasteiger charge is -2.11. The Bertz CT molecular complexity index is 757. The summed E-state index contributed by atoms with van der Waals surface area (Å²) in [6.45, 7) is 3.06. The topological polar surface area (TPSA) is 67.8 Å². The Morgan fingerprint density at radius 2 is 1.92 bits per heavy atom. The van der Waals surface area contributed by atoms with Crippen LogP contribution in [-0.4, -0.2) is 24.0 Å². The quantitative estimate of drug-likeness (QED) is 0.490. The number of hydrogen-bond acceptors (Lipinski definition) is 4. The fourth-order valence-electron chi connectivity index (χ4n) is 1.84. The molecule has 24 heavy (non-hydrogen) atoms. The van der Waals surface area contributed by atoms with E-state index in [4.69, 9.17) is 16.4 Å². The molecule has 1 amide bonds. The second-order valence-electron chi connectivity index (χ2n) is 5.16. The van der Waals surface area contributed by atoms with Crippen molar-refractivity contribution in [3.8, 4) is 0 Å². The van der Waals surface area contributed by atoms with Gasteiger partial charge in [0.25, 0.3) is 5.91 Å². The minimum Gasteiger partial charge on any atom is -0.383 e. The molecule has 1 atom stereocenters. The molecular formula is C18H17ClN2O3. The van der Waals surface area contributed by atoms with Gasteiger partial charge in [0, 0.05) is 16.3 Å². The molecule has 0 radical (unpaired) electrons. The van der Waals surface area contributed by atoms with E-state index in [1.54, 1.807) is 55.5 Å². The SMILES string of the molecule is CC(=O)c1cccc(NC(=O)C(C)O/N=C/c2ccc(Cl)cc2)c1. The van der Waals surface area contributed by atoms with Gasteiger partial charge in [0.05, 0.1) is 6.21 Å². The Morgan fingerprint density at radius 3 is 2.58 bits per heavy atom. The summed E-state index contributed by atoms with van der Waals surface area (Å²) < 4.78 is 0. The first kappa shape index (κ1) is 17.7. The average Bonchev–Trinajstić information content (AvgIpc) is 2.56. The number of nitrogens with one attached hydrogen (secondary N) is 1. The van der Waals surface area contributed by atoms with E-state index in [-0.39, 0.29) is 11.7 Å². The van der Waals surface area contributed by atoms with Crippen LogP contribution in [0.3, 0.4) is 0 Å². The number of carbonyl (C=O) groups is 2. The van der Waals surface area contributed by atoms with E-state index >= 15 is 0 Å². The Kier molecular flexibility index (Phi) is 6.09. The van der Waals surface area contributed by atoms with Gasteiger partial charge in [-0.25, -0.2) is 0 Å². The highest BCUT2D eigenvalue weighted by Gasteiger charge is 2.14. The first-order valence-corrected chi connectivity index (χ1v) is 7.70. The normalized spacial score (nSPS) is 12.0. The predicted molar refractivity (Wildman–Crippen MR) is 94.7 cm³/mol. The third-order valence-corrected chi connectivity index (χ3v) is 3.45. The fourth-order valence-corrected chi connectivity index (χ4v) is 1.97. The van der Waals surface area contributed by atoms with E-state index in [1.807, 2.05) is 0 Å². The van der Waals surface area contributed by atoms with Gasteiger partial charge in [0.2, 0.25) is 6.10 Å². The molecule has 0 saturated carbocycles. The lowest BCUT2D eigenvalue weighted by molar-refractivity contribution is -0.126. The minimum absolute atomic E-state index is 0.0667. The van der Waals surface area contributed by atoms with Gasteiger partial charge in [-0.3, -0.25) is 9.59 Å². The predicted octanol–water partition coefficient (Wildman–Crippen LogP) is 3.92. The first-order chi connectivity index (χ1) is 11.5. The lowest BCUT2D eigenvalue weighted by atomic mass is 10.1. The van der Waals surface area contributed by atoms with Crippen LogP contribution in [0.1, 0.15) is 29.8 Å². The van der Waals surface area contributed by atoms with E-state index in [0.717, 1.165) is 5.56 Å². The smallest absolute Gasteiger partial charge is 0.267 e. The number of oxime groups is 1. The standard InChI is InChI=1S/C18H17ClN2O3/c1-12(22)15-4-3-5-17(10-15)21-18(23)13(2)24-20-11-14-6-8-16(19)9-7-14/h3-11,13H,1-2H3,(H,21,23)/b20-11+. The Hall–Kier alpha value is -2.66. The van der Waals surface area contributed by atoms with Gasteiger partial charge < -0.3 is 10.2 Å². The molecule has 1 N–H and O–H groups in total. The van der Waals surface area contributed by atoms with Crippen molar-refractivity contribution < 1.29 is 14.4 Å². The summed E-state index contributed by atoms with van der Waals surface area (Å²) in [5.41, 5.74) is 1.87. The van der Waals surface area contributed by atoms with Crippen molar-refractivity contribution in [1.82, 2.24) is 0 Å². The van der Waals surface area contributed by atoms with Crippen molar-refractivity contribution in [2.45, 2.75) is 20.0 Å². The number of benzene rings is 2. The molecule has 0 aromatic heterocycles. The summed E-state index contributed by atoms with van der Waals surface area (Å²) in [7, 11) is 0. The van der Waals surface area contributed by atoms with E-state index in [2.05, 4.69) is 10.5 Å². The van der Waals surface area contributed by atoms with Crippen molar-refractivity contribution in [3.05, 3.63) is 64.7 Å². The van der Waals surface area contributed by atoms with Crippen LogP contribution in [-0.2, 0) is 9.63 Å². The molecule has 124 valence electrons. The van der Waals surface area contributed by atoms with Crippen molar-refractivity contribution >= 4 is 35.2 Å². The number of anilines is 1. The first-order valence-electron chi connectivity index (χ1n) is 7.32. The van der Waals surface area contributed by atoms with Crippen molar-refractivity contribution in [2.75, 3.05) is 5.32 Å². The largest absolute Gasteiger partial charge is 0.383 e.